The molecule has 0 aromatic heterocycles. The van der Waals surface area contributed by atoms with Gasteiger partial charge in [0.2, 0.25) is 0 Å². The molecule has 1 atom stereocenters. The van der Waals surface area contributed by atoms with E-state index in [0.29, 0.717) is 0 Å². The molecular formula is C8H17O3Sb. The third-order valence-corrected chi connectivity index (χ3v) is 5.02. The van der Waals surface area contributed by atoms with E-state index in [0.717, 1.165) is 4.37 Å². The van der Waals surface area contributed by atoms with E-state index in [1.165, 1.54) is 0 Å². The van der Waals surface area contributed by atoms with Gasteiger partial charge in [-0.2, -0.15) is 0 Å². The molecule has 0 heterocycles. The second-order valence-electron chi connectivity index (χ2n) is 3.05. The Morgan fingerprint density at radius 2 is 2.17 bits per heavy atom. The maximum atomic E-state index is 11.1. The van der Waals surface area contributed by atoms with Gasteiger partial charge in [-0.3, -0.25) is 0 Å². The van der Waals surface area contributed by atoms with E-state index in [-0.39, 0.29) is 25.1 Å². The molecule has 4 heteroatoms. The molecule has 0 bridgehead atoms. The summed E-state index contributed by atoms with van der Waals surface area (Å²) in [6.45, 7) is 1.94. The normalized spacial score (nSPS) is 13.1. The van der Waals surface area contributed by atoms with E-state index < -0.39 is 20.2 Å². The summed E-state index contributed by atoms with van der Waals surface area (Å²) in [6, 6.07) is 0. The van der Waals surface area contributed by atoms with Gasteiger partial charge < -0.3 is 0 Å². The van der Waals surface area contributed by atoms with Crippen LogP contribution in [0.1, 0.15) is 6.92 Å². The summed E-state index contributed by atoms with van der Waals surface area (Å²) in [5.41, 5.74) is 0. The van der Waals surface area contributed by atoms with Crippen LogP contribution >= 0.6 is 0 Å². The first-order chi connectivity index (χ1) is 5.57. The average Bonchev–Trinajstić information content (AvgIpc) is 1.98. The Morgan fingerprint density at radius 3 is 2.58 bits per heavy atom. The molecule has 0 saturated carbocycles. The number of ether oxygens (including phenoxy) is 1. The van der Waals surface area contributed by atoms with Crippen LogP contribution in [-0.4, -0.2) is 44.5 Å². The Balaban J connectivity index is 3.61. The second kappa shape index (κ2) is 6.73. The Hall–Kier alpha value is 0.248. The molecule has 0 aliphatic heterocycles. The van der Waals surface area contributed by atoms with Gasteiger partial charge in [0, 0.05) is 0 Å². The molecule has 0 amide bonds. The number of rotatable bonds is 5. The van der Waals surface area contributed by atoms with E-state index in [2.05, 4.69) is 9.74 Å². The molecule has 1 N–H and O–H groups in total. The van der Waals surface area contributed by atoms with Gasteiger partial charge in [-0.1, -0.05) is 0 Å². The first-order valence-electron chi connectivity index (χ1n) is 4.00. The van der Waals surface area contributed by atoms with Gasteiger partial charge >= 0.3 is 81.0 Å². The van der Waals surface area contributed by atoms with E-state index in [1.807, 2.05) is 6.92 Å². The molecule has 0 spiro atoms. The van der Waals surface area contributed by atoms with Crippen molar-refractivity contribution in [2.24, 2.45) is 5.92 Å². The topological polar surface area (TPSA) is 46.5 Å². The van der Waals surface area contributed by atoms with Crippen molar-refractivity contribution in [1.82, 2.24) is 0 Å². The van der Waals surface area contributed by atoms with Crippen molar-refractivity contribution in [3.8, 4) is 0 Å². The summed E-state index contributed by atoms with van der Waals surface area (Å²) in [5.74, 6) is -0.142. The number of hydrogen-bond donors (Lipinski definition) is 1. The first-order valence-corrected chi connectivity index (χ1v) is 10.9. The minimum absolute atomic E-state index is 0.0227. The predicted octanol–water partition coefficient (Wildman–Crippen LogP) is 0.912. The van der Waals surface area contributed by atoms with Gasteiger partial charge in [0.15, 0.2) is 0 Å². The molecule has 0 aliphatic carbocycles. The Morgan fingerprint density at radius 1 is 1.58 bits per heavy atom. The molecule has 0 aromatic carbocycles. The van der Waals surface area contributed by atoms with Crippen LogP contribution in [0, 0.1) is 5.92 Å². The minimum atomic E-state index is -1.06. The van der Waals surface area contributed by atoms with Crippen LogP contribution in [0.5, 0.6) is 0 Å². The summed E-state index contributed by atoms with van der Waals surface area (Å²) >= 11 is -1.06. The molecular weight excluding hydrogens is 266 g/mol. The monoisotopic (exact) mass is 282 g/mol. The number of esters is 1. The van der Waals surface area contributed by atoms with Gasteiger partial charge in [-0.15, -0.1) is 0 Å². The zero-order valence-electron chi connectivity index (χ0n) is 7.91. The van der Waals surface area contributed by atoms with Crippen LogP contribution in [-0.2, 0) is 9.53 Å². The van der Waals surface area contributed by atoms with Crippen molar-refractivity contribution in [2.45, 2.75) is 21.0 Å². The van der Waals surface area contributed by atoms with E-state index in [4.69, 9.17) is 9.84 Å². The van der Waals surface area contributed by atoms with E-state index in [9.17, 15) is 4.79 Å². The van der Waals surface area contributed by atoms with Crippen molar-refractivity contribution in [1.29, 1.82) is 0 Å². The predicted molar refractivity (Wildman–Crippen MR) is 49.5 cm³/mol. The van der Waals surface area contributed by atoms with Crippen molar-refractivity contribution in [3.63, 3.8) is 0 Å². The van der Waals surface area contributed by atoms with Gasteiger partial charge in [0.1, 0.15) is 0 Å². The van der Waals surface area contributed by atoms with Crippen LogP contribution in [0.25, 0.3) is 0 Å². The number of carbonyl (C=O) groups is 1. The number of aliphatic hydroxyl groups excluding tert-OH is 1. The van der Waals surface area contributed by atoms with Gasteiger partial charge in [-0.05, 0) is 0 Å². The summed E-state index contributed by atoms with van der Waals surface area (Å²) < 4.78 is 5.82. The summed E-state index contributed by atoms with van der Waals surface area (Å²) in [5, 5.41) is 8.41. The maximum absolute atomic E-state index is 11.1. The zero-order chi connectivity index (χ0) is 9.56. The fraction of sp³-hybridized carbons (Fsp3) is 0.875. The molecule has 0 fully saturated rings. The third-order valence-electron chi connectivity index (χ3n) is 1.38. The average molecular weight is 283 g/mol. The van der Waals surface area contributed by atoms with Crippen molar-refractivity contribution >= 4 is 26.2 Å². The van der Waals surface area contributed by atoms with Gasteiger partial charge in [0.05, 0.1) is 0 Å². The summed E-state index contributed by atoms with van der Waals surface area (Å²) in [6.07, 6.45) is 0. The molecule has 72 valence electrons. The fourth-order valence-electron chi connectivity index (χ4n) is 0.911. The van der Waals surface area contributed by atoms with Crippen LogP contribution in [0.15, 0.2) is 0 Å². The zero-order valence-corrected chi connectivity index (χ0v) is 10.5. The van der Waals surface area contributed by atoms with Crippen molar-refractivity contribution in [2.75, 3.05) is 13.2 Å². The van der Waals surface area contributed by atoms with Crippen LogP contribution < -0.4 is 0 Å². The molecule has 0 aliphatic rings. The van der Waals surface area contributed by atoms with E-state index >= 15 is 0 Å². The first kappa shape index (κ1) is 12.2. The quantitative estimate of drug-likeness (QED) is 0.602. The van der Waals surface area contributed by atoms with Crippen molar-refractivity contribution in [3.05, 3.63) is 0 Å². The fourth-order valence-corrected chi connectivity index (χ4v) is 4.46. The molecule has 0 rings (SSSR count). The van der Waals surface area contributed by atoms with Gasteiger partial charge in [-0.25, -0.2) is 0 Å². The number of hydrogen-bond acceptors (Lipinski definition) is 3. The molecule has 0 saturated heterocycles. The molecule has 12 heavy (non-hydrogen) atoms. The summed E-state index contributed by atoms with van der Waals surface area (Å²) in [7, 11) is 0. The van der Waals surface area contributed by atoms with E-state index in [1.54, 1.807) is 0 Å². The summed E-state index contributed by atoms with van der Waals surface area (Å²) in [4.78, 5) is 15.6. The SMILES string of the molecule is CC([CH2][Sb]([CH3])[CH3])C(=O)OCCO. The third kappa shape index (κ3) is 5.84. The molecule has 0 radical (unpaired) electrons. The Kier molecular flexibility index (Phi) is 6.87. The number of aliphatic hydroxyl groups is 1. The van der Waals surface area contributed by atoms with Gasteiger partial charge in [0.25, 0.3) is 0 Å². The number of carbonyl (C=O) groups excluding carboxylic acids is 1. The molecule has 3 nitrogen and oxygen atoms in total. The van der Waals surface area contributed by atoms with Crippen LogP contribution in [0.2, 0.25) is 14.1 Å². The van der Waals surface area contributed by atoms with Crippen molar-refractivity contribution < 1.29 is 14.6 Å². The standard InChI is InChI=1S/C6H11O3.2CH3.Sb/c1-5(2)6(8)9-4-3-7;;;/h5,7H,1,3-4H2,2H3;2*1H3;. The molecule has 0 aromatic rings. The Bertz CT molecular complexity index is 136. The van der Waals surface area contributed by atoms with Crippen LogP contribution in [0.3, 0.4) is 0 Å². The second-order valence-corrected chi connectivity index (χ2v) is 10.3. The Labute approximate surface area is 81.1 Å². The molecule has 1 unspecified atom stereocenters. The van der Waals surface area contributed by atoms with Crippen LogP contribution in [0.4, 0.5) is 0 Å².